The maximum atomic E-state index is 12.0. The van der Waals surface area contributed by atoms with Gasteiger partial charge in [-0.15, -0.1) is 0 Å². The van der Waals surface area contributed by atoms with E-state index in [-0.39, 0.29) is 5.92 Å². The van der Waals surface area contributed by atoms with Gasteiger partial charge in [-0.25, -0.2) is 0 Å². The third-order valence-corrected chi connectivity index (χ3v) is 4.10. The number of hydrogen-bond acceptors (Lipinski definition) is 1. The first-order chi connectivity index (χ1) is 9.29. The molecule has 0 radical (unpaired) electrons. The van der Waals surface area contributed by atoms with Crippen LogP contribution >= 0.6 is 0 Å². The standard InChI is InChI=1S/C18H24O/c1-2-7-16-12-13-18(19)17(14-16)11-6-10-15-8-4-3-5-9-15/h3-6,8-10,16-17H,2,7,11-14H2,1H3. The molecule has 1 heteroatoms. The average molecular weight is 256 g/mol. The predicted octanol–water partition coefficient (Wildman–Crippen LogP) is 4.88. The van der Waals surface area contributed by atoms with E-state index < -0.39 is 0 Å². The zero-order valence-corrected chi connectivity index (χ0v) is 11.8. The SMILES string of the molecule is CCCC1CCC(=O)C(CC=Cc2ccccc2)C1. The Morgan fingerprint density at radius 2 is 2.05 bits per heavy atom. The van der Waals surface area contributed by atoms with Crippen LogP contribution in [0.1, 0.15) is 51.0 Å². The molecule has 0 bridgehead atoms. The summed E-state index contributed by atoms with van der Waals surface area (Å²) in [6.45, 7) is 2.24. The molecule has 1 aromatic carbocycles. The van der Waals surface area contributed by atoms with Gasteiger partial charge in [-0.2, -0.15) is 0 Å². The summed E-state index contributed by atoms with van der Waals surface area (Å²) in [5.74, 6) is 1.52. The number of allylic oxidation sites excluding steroid dienone is 1. The van der Waals surface area contributed by atoms with E-state index in [9.17, 15) is 4.79 Å². The fourth-order valence-electron chi connectivity index (χ4n) is 3.03. The van der Waals surface area contributed by atoms with Crippen LogP contribution in [0.25, 0.3) is 6.08 Å². The second kappa shape index (κ2) is 7.28. The molecule has 0 heterocycles. The van der Waals surface area contributed by atoms with Crippen molar-refractivity contribution in [2.45, 2.75) is 45.4 Å². The van der Waals surface area contributed by atoms with Crippen molar-refractivity contribution in [1.82, 2.24) is 0 Å². The van der Waals surface area contributed by atoms with Gasteiger partial charge in [0, 0.05) is 12.3 Å². The van der Waals surface area contributed by atoms with Crippen LogP contribution in [0.4, 0.5) is 0 Å². The Morgan fingerprint density at radius 1 is 1.26 bits per heavy atom. The fourth-order valence-corrected chi connectivity index (χ4v) is 3.03. The summed E-state index contributed by atoms with van der Waals surface area (Å²) in [6.07, 6.45) is 10.8. The van der Waals surface area contributed by atoms with Gasteiger partial charge in [0.25, 0.3) is 0 Å². The molecule has 0 N–H and O–H groups in total. The van der Waals surface area contributed by atoms with Crippen molar-refractivity contribution in [1.29, 1.82) is 0 Å². The maximum Gasteiger partial charge on any atom is 0.136 e. The summed E-state index contributed by atoms with van der Waals surface area (Å²) in [6, 6.07) is 10.3. The molecule has 1 aliphatic carbocycles. The number of rotatable bonds is 5. The van der Waals surface area contributed by atoms with Gasteiger partial charge in [-0.05, 0) is 30.7 Å². The highest BCUT2D eigenvalue weighted by atomic mass is 16.1. The van der Waals surface area contributed by atoms with Crippen molar-refractivity contribution >= 4 is 11.9 Å². The Kier molecular flexibility index (Phi) is 5.38. The molecule has 2 atom stereocenters. The van der Waals surface area contributed by atoms with Crippen LogP contribution in [0.15, 0.2) is 36.4 Å². The van der Waals surface area contributed by atoms with Crippen LogP contribution in [0.3, 0.4) is 0 Å². The van der Waals surface area contributed by atoms with E-state index in [1.165, 1.54) is 18.4 Å². The minimum atomic E-state index is 0.269. The quantitative estimate of drug-likeness (QED) is 0.734. The minimum Gasteiger partial charge on any atom is -0.299 e. The van der Waals surface area contributed by atoms with Crippen molar-refractivity contribution in [3.8, 4) is 0 Å². The Bertz CT molecular complexity index is 419. The molecule has 2 unspecified atom stereocenters. The van der Waals surface area contributed by atoms with E-state index in [2.05, 4.69) is 31.2 Å². The van der Waals surface area contributed by atoms with Crippen LogP contribution in [0.2, 0.25) is 0 Å². The van der Waals surface area contributed by atoms with Crippen molar-refractivity contribution in [2.24, 2.45) is 11.8 Å². The first-order valence-corrected chi connectivity index (χ1v) is 7.54. The van der Waals surface area contributed by atoms with E-state index in [1.54, 1.807) is 0 Å². The molecule has 0 aromatic heterocycles. The lowest BCUT2D eigenvalue weighted by atomic mass is 9.77. The number of Topliss-reactive ketones (excluding diaryl/α,β-unsaturated/α-hetero) is 1. The summed E-state index contributed by atoms with van der Waals surface area (Å²) in [4.78, 5) is 12.0. The van der Waals surface area contributed by atoms with Gasteiger partial charge >= 0.3 is 0 Å². The number of ketones is 1. The van der Waals surface area contributed by atoms with Crippen molar-refractivity contribution in [3.63, 3.8) is 0 Å². The molecule has 1 saturated carbocycles. The fraction of sp³-hybridized carbons (Fsp3) is 0.500. The van der Waals surface area contributed by atoms with E-state index in [4.69, 9.17) is 0 Å². The Labute approximate surface area is 116 Å². The molecule has 0 aliphatic heterocycles. The molecule has 1 fully saturated rings. The van der Waals surface area contributed by atoms with E-state index in [1.807, 2.05) is 18.2 Å². The van der Waals surface area contributed by atoms with Gasteiger partial charge in [0.2, 0.25) is 0 Å². The van der Waals surface area contributed by atoms with Gasteiger partial charge in [0.05, 0.1) is 0 Å². The molecule has 0 amide bonds. The van der Waals surface area contributed by atoms with Crippen molar-refractivity contribution < 1.29 is 4.79 Å². The van der Waals surface area contributed by atoms with E-state index in [0.29, 0.717) is 5.78 Å². The largest absolute Gasteiger partial charge is 0.299 e. The molecular formula is C18H24O. The summed E-state index contributed by atoms with van der Waals surface area (Å²) in [5.41, 5.74) is 1.22. The second-order valence-corrected chi connectivity index (χ2v) is 5.64. The summed E-state index contributed by atoms with van der Waals surface area (Å²) in [7, 11) is 0. The van der Waals surface area contributed by atoms with Crippen molar-refractivity contribution in [2.75, 3.05) is 0 Å². The topological polar surface area (TPSA) is 17.1 Å². The Balaban J connectivity index is 1.87. The molecule has 19 heavy (non-hydrogen) atoms. The van der Waals surface area contributed by atoms with Crippen LogP contribution in [-0.4, -0.2) is 5.78 Å². The zero-order chi connectivity index (χ0) is 13.5. The minimum absolute atomic E-state index is 0.269. The molecule has 102 valence electrons. The zero-order valence-electron chi connectivity index (χ0n) is 11.8. The number of hydrogen-bond donors (Lipinski definition) is 0. The first kappa shape index (κ1) is 14.0. The molecule has 1 aliphatic rings. The number of benzene rings is 1. The monoisotopic (exact) mass is 256 g/mol. The molecular weight excluding hydrogens is 232 g/mol. The van der Waals surface area contributed by atoms with Crippen LogP contribution in [0, 0.1) is 11.8 Å². The summed E-state index contributed by atoms with van der Waals surface area (Å²) >= 11 is 0. The lowest BCUT2D eigenvalue weighted by molar-refractivity contribution is -0.125. The highest BCUT2D eigenvalue weighted by Gasteiger charge is 2.26. The van der Waals surface area contributed by atoms with Crippen molar-refractivity contribution in [3.05, 3.63) is 42.0 Å². The summed E-state index contributed by atoms with van der Waals surface area (Å²) < 4.78 is 0. The van der Waals surface area contributed by atoms with Crippen LogP contribution in [0.5, 0.6) is 0 Å². The molecule has 1 nitrogen and oxygen atoms in total. The van der Waals surface area contributed by atoms with Gasteiger partial charge in [0.1, 0.15) is 5.78 Å². The molecule has 0 spiro atoms. The number of carbonyl (C=O) groups excluding carboxylic acids is 1. The van der Waals surface area contributed by atoms with Crippen LogP contribution < -0.4 is 0 Å². The van der Waals surface area contributed by atoms with Gasteiger partial charge in [0.15, 0.2) is 0 Å². The van der Waals surface area contributed by atoms with E-state index >= 15 is 0 Å². The molecule has 2 rings (SSSR count). The van der Waals surface area contributed by atoms with Gasteiger partial charge in [-0.1, -0.05) is 62.2 Å². The number of carbonyl (C=O) groups is 1. The first-order valence-electron chi connectivity index (χ1n) is 7.54. The average Bonchev–Trinajstić information content (AvgIpc) is 2.44. The smallest absolute Gasteiger partial charge is 0.136 e. The Hall–Kier alpha value is -1.37. The molecule has 1 aromatic rings. The Morgan fingerprint density at radius 3 is 2.79 bits per heavy atom. The third kappa shape index (κ3) is 4.34. The highest BCUT2D eigenvalue weighted by Crippen LogP contribution is 2.31. The predicted molar refractivity (Wildman–Crippen MR) is 80.8 cm³/mol. The third-order valence-electron chi connectivity index (χ3n) is 4.10. The van der Waals surface area contributed by atoms with Gasteiger partial charge in [-0.3, -0.25) is 4.79 Å². The highest BCUT2D eigenvalue weighted by molar-refractivity contribution is 5.82. The van der Waals surface area contributed by atoms with Crippen LogP contribution in [-0.2, 0) is 4.79 Å². The second-order valence-electron chi connectivity index (χ2n) is 5.64. The summed E-state index contributed by atoms with van der Waals surface area (Å²) in [5, 5.41) is 0. The normalized spacial score (nSPS) is 23.9. The maximum absolute atomic E-state index is 12.0. The van der Waals surface area contributed by atoms with Gasteiger partial charge < -0.3 is 0 Å². The lowest BCUT2D eigenvalue weighted by Gasteiger charge is -2.27. The van der Waals surface area contributed by atoms with E-state index in [0.717, 1.165) is 31.6 Å². The molecule has 0 saturated heterocycles. The lowest BCUT2D eigenvalue weighted by Crippen LogP contribution is -2.24.